The van der Waals surface area contributed by atoms with Gasteiger partial charge in [-0.05, 0) is 0 Å². The van der Waals surface area contributed by atoms with Gasteiger partial charge in [0.2, 0.25) is 5.82 Å². The number of nitrogens with zero attached hydrogens (tertiary/aromatic N) is 3. The zero-order valence-corrected chi connectivity index (χ0v) is 4.85. The van der Waals surface area contributed by atoms with Gasteiger partial charge >= 0.3 is 5.97 Å². The lowest BCUT2D eigenvalue weighted by molar-refractivity contribution is -0.138. The van der Waals surface area contributed by atoms with E-state index in [-0.39, 0.29) is 5.82 Å². The second-order valence-electron chi connectivity index (χ2n) is 1.59. The molecule has 0 saturated heterocycles. The molecular weight excluding hydrogens is 138 g/mol. The molecular formula is C3H5N5O2. The fraction of sp³-hybridized carbons (Fsp3) is 0.333. The number of hydrogen-bond donors (Lipinski definition) is 3. The van der Waals surface area contributed by atoms with Crippen LogP contribution < -0.4 is 5.73 Å². The molecule has 10 heavy (non-hydrogen) atoms. The fourth-order valence-electron chi connectivity index (χ4n) is 0.412. The molecule has 0 bridgehead atoms. The molecule has 0 fully saturated rings. The summed E-state index contributed by atoms with van der Waals surface area (Å²) in [7, 11) is 0. The quantitative estimate of drug-likeness (QED) is 0.453. The number of hydrogen-bond acceptors (Lipinski definition) is 5. The Morgan fingerprint density at radius 2 is 2.50 bits per heavy atom. The first-order valence-electron chi connectivity index (χ1n) is 2.43. The fourth-order valence-corrected chi connectivity index (χ4v) is 0.412. The standard InChI is InChI=1S/C3H5N5O2/c4-1(3(9)10)2-5-7-8-6-2/h1H,4H2,(H,9,10)(H,5,6,7,8)/t1-/m1/s1. The average molecular weight is 143 g/mol. The molecule has 0 saturated carbocycles. The van der Waals surface area contributed by atoms with Gasteiger partial charge in [-0.25, -0.2) is 0 Å². The Balaban J connectivity index is 2.77. The van der Waals surface area contributed by atoms with Gasteiger partial charge in [0, 0.05) is 0 Å². The van der Waals surface area contributed by atoms with E-state index < -0.39 is 12.0 Å². The van der Waals surface area contributed by atoms with E-state index in [4.69, 9.17) is 10.8 Å². The van der Waals surface area contributed by atoms with Crippen molar-refractivity contribution in [3.05, 3.63) is 5.82 Å². The number of tetrazole rings is 1. The number of carbonyl (C=O) groups is 1. The molecule has 0 aliphatic rings. The monoisotopic (exact) mass is 143 g/mol. The van der Waals surface area contributed by atoms with Gasteiger partial charge in [0.1, 0.15) is 0 Å². The van der Waals surface area contributed by atoms with Gasteiger partial charge in [-0.2, -0.15) is 5.21 Å². The van der Waals surface area contributed by atoms with Crippen LogP contribution in [0.3, 0.4) is 0 Å². The summed E-state index contributed by atoms with van der Waals surface area (Å²) in [5, 5.41) is 20.3. The van der Waals surface area contributed by atoms with E-state index >= 15 is 0 Å². The third kappa shape index (κ3) is 1.08. The number of H-pyrrole nitrogens is 1. The molecule has 0 amide bonds. The number of nitrogens with one attached hydrogen (secondary N) is 1. The van der Waals surface area contributed by atoms with Crippen LogP contribution in [-0.2, 0) is 4.79 Å². The molecule has 7 heteroatoms. The van der Waals surface area contributed by atoms with Crippen molar-refractivity contribution in [3.63, 3.8) is 0 Å². The van der Waals surface area contributed by atoms with E-state index in [1.54, 1.807) is 0 Å². The Morgan fingerprint density at radius 1 is 1.80 bits per heavy atom. The van der Waals surface area contributed by atoms with Crippen LogP contribution in [-0.4, -0.2) is 31.7 Å². The van der Waals surface area contributed by atoms with Gasteiger partial charge in [0.05, 0.1) is 0 Å². The SMILES string of the molecule is N[C@@H](C(=O)O)c1nn[nH]n1. The summed E-state index contributed by atoms with van der Waals surface area (Å²) in [6.45, 7) is 0. The van der Waals surface area contributed by atoms with Crippen molar-refractivity contribution in [1.82, 2.24) is 20.6 Å². The Morgan fingerprint density at radius 3 is 2.90 bits per heavy atom. The van der Waals surface area contributed by atoms with Crippen LogP contribution in [0.2, 0.25) is 0 Å². The van der Waals surface area contributed by atoms with Gasteiger partial charge < -0.3 is 10.8 Å². The molecule has 54 valence electrons. The first kappa shape index (κ1) is 6.62. The van der Waals surface area contributed by atoms with Crippen molar-refractivity contribution in [3.8, 4) is 0 Å². The summed E-state index contributed by atoms with van der Waals surface area (Å²) >= 11 is 0. The lowest BCUT2D eigenvalue weighted by atomic mass is 10.3. The highest BCUT2D eigenvalue weighted by Gasteiger charge is 2.17. The lowest BCUT2D eigenvalue weighted by Gasteiger charge is -1.96. The van der Waals surface area contributed by atoms with Crippen LogP contribution in [0, 0.1) is 0 Å². The maximum absolute atomic E-state index is 10.2. The van der Waals surface area contributed by atoms with Crippen LogP contribution in [0.5, 0.6) is 0 Å². The third-order valence-corrected chi connectivity index (χ3v) is 0.906. The predicted molar refractivity (Wildman–Crippen MR) is 28.7 cm³/mol. The summed E-state index contributed by atoms with van der Waals surface area (Å²) in [6.07, 6.45) is 0. The van der Waals surface area contributed by atoms with Gasteiger partial charge in [-0.1, -0.05) is 5.21 Å². The maximum atomic E-state index is 10.2. The first-order valence-corrected chi connectivity index (χ1v) is 2.43. The van der Waals surface area contributed by atoms with E-state index in [9.17, 15) is 4.79 Å². The number of carboxylic acids is 1. The minimum Gasteiger partial charge on any atom is -0.480 e. The highest BCUT2D eigenvalue weighted by atomic mass is 16.4. The molecule has 1 rings (SSSR count). The molecule has 0 aliphatic carbocycles. The smallest absolute Gasteiger partial charge is 0.328 e. The summed E-state index contributed by atoms with van der Waals surface area (Å²) in [5.41, 5.74) is 5.10. The van der Waals surface area contributed by atoms with Crippen LogP contribution in [0.25, 0.3) is 0 Å². The number of aliphatic carboxylic acids is 1. The van der Waals surface area contributed by atoms with Crippen molar-refractivity contribution in [2.45, 2.75) is 6.04 Å². The molecule has 0 unspecified atom stereocenters. The van der Waals surface area contributed by atoms with Crippen LogP contribution in [0.4, 0.5) is 0 Å². The summed E-state index contributed by atoms with van der Waals surface area (Å²) in [4.78, 5) is 10.2. The number of nitrogens with two attached hydrogens (primary N) is 1. The van der Waals surface area contributed by atoms with E-state index in [1.165, 1.54) is 0 Å². The molecule has 1 aromatic heterocycles. The lowest BCUT2D eigenvalue weighted by Crippen LogP contribution is -2.21. The van der Waals surface area contributed by atoms with Gasteiger partial charge in [0.25, 0.3) is 0 Å². The zero-order valence-electron chi connectivity index (χ0n) is 4.85. The van der Waals surface area contributed by atoms with Crippen molar-refractivity contribution in [2.24, 2.45) is 5.73 Å². The summed E-state index contributed by atoms with van der Waals surface area (Å²) < 4.78 is 0. The van der Waals surface area contributed by atoms with Gasteiger partial charge in [-0.15, -0.1) is 10.2 Å². The third-order valence-electron chi connectivity index (χ3n) is 0.906. The normalized spacial score (nSPS) is 12.9. The van der Waals surface area contributed by atoms with E-state index in [0.717, 1.165) is 0 Å². The van der Waals surface area contributed by atoms with Crippen molar-refractivity contribution < 1.29 is 9.90 Å². The largest absolute Gasteiger partial charge is 0.480 e. The Bertz CT molecular complexity index is 219. The minimum absolute atomic E-state index is 0.0208. The molecule has 0 radical (unpaired) electrons. The van der Waals surface area contributed by atoms with Crippen LogP contribution in [0.1, 0.15) is 11.9 Å². The van der Waals surface area contributed by atoms with E-state index in [0.29, 0.717) is 0 Å². The molecule has 0 aliphatic heterocycles. The molecule has 1 heterocycles. The zero-order chi connectivity index (χ0) is 7.56. The second-order valence-corrected chi connectivity index (χ2v) is 1.59. The number of rotatable bonds is 2. The van der Waals surface area contributed by atoms with Gasteiger partial charge in [-0.3, -0.25) is 4.79 Å². The summed E-state index contributed by atoms with van der Waals surface area (Å²) in [5.74, 6) is -1.20. The molecule has 1 aromatic rings. The number of carboxylic acid groups (broad SMARTS) is 1. The van der Waals surface area contributed by atoms with E-state index in [1.807, 2.05) is 0 Å². The topological polar surface area (TPSA) is 118 Å². The minimum atomic E-state index is -1.20. The number of aromatic nitrogens is 4. The number of aromatic amines is 1. The van der Waals surface area contributed by atoms with Crippen molar-refractivity contribution in [2.75, 3.05) is 0 Å². The van der Waals surface area contributed by atoms with Crippen molar-refractivity contribution >= 4 is 5.97 Å². The Labute approximate surface area is 55.2 Å². The second kappa shape index (κ2) is 2.40. The Kier molecular flexibility index (Phi) is 1.59. The van der Waals surface area contributed by atoms with Gasteiger partial charge in [0.15, 0.2) is 6.04 Å². The first-order chi connectivity index (χ1) is 4.72. The van der Waals surface area contributed by atoms with Crippen LogP contribution in [0.15, 0.2) is 0 Å². The highest BCUT2D eigenvalue weighted by molar-refractivity contribution is 5.73. The molecule has 0 spiro atoms. The molecule has 7 nitrogen and oxygen atoms in total. The maximum Gasteiger partial charge on any atom is 0.328 e. The molecule has 0 aromatic carbocycles. The van der Waals surface area contributed by atoms with Crippen LogP contribution >= 0.6 is 0 Å². The van der Waals surface area contributed by atoms with E-state index in [2.05, 4.69) is 20.6 Å². The average Bonchev–Trinajstić information content (AvgIpc) is 2.36. The predicted octanol–water partition coefficient (Wildman–Crippen LogP) is -1.72. The molecule has 4 N–H and O–H groups in total. The van der Waals surface area contributed by atoms with Crippen molar-refractivity contribution in [1.29, 1.82) is 0 Å². The molecule has 1 atom stereocenters. The summed E-state index contributed by atoms with van der Waals surface area (Å²) in [6, 6.07) is -1.20. The Hall–Kier alpha value is -1.50. The highest BCUT2D eigenvalue weighted by Crippen LogP contribution is 1.98.